The average Bonchev–Trinajstić information content (AvgIpc) is 2.88. The van der Waals surface area contributed by atoms with Crippen LogP contribution in [0, 0.1) is 0 Å². The number of nitrogens with zero attached hydrogens (tertiary/aromatic N) is 1. The highest BCUT2D eigenvalue weighted by atomic mass is 15.2. The molecule has 0 saturated heterocycles. The third-order valence-electron chi connectivity index (χ3n) is 10.2. The molecule has 0 spiro atoms. The maximum absolute atomic E-state index is 2.69. The van der Waals surface area contributed by atoms with Crippen LogP contribution in [0.4, 0.5) is 17.1 Å². The SMILES string of the molecule is CC(C)(C)c1cc2c3c(c1)C(C)(C)c1cccc4c1N3c1c(cc(C(C)(C)C)cc1C4(C)C)B2c1ccccc1. The Morgan fingerprint density at radius 3 is 1.40 bits per heavy atom. The smallest absolute Gasteiger partial charge is 0.246 e. The molecule has 7 rings (SSSR count). The van der Waals surface area contributed by atoms with E-state index in [4.69, 9.17) is 0 Å². The minimum absolute atomic E-state index is 0.0492. The normalized spacial score (nSPS) is 17.6. The highest BCUT2D eigenvalue weighted by molar-refractivity contribution is 6.98. The molecule has 202 valence electrons. The second-order valence-electron chi connectivity index (χ2n) is 15.6. The quantitative estimate of drug-likeness (QED) is 0.202. The molecule has 0 atom stereocenters. The molecule has 2 heteroatoms. The Kier molecular flexibility index (Phi) is 4.96. The first-order valence-corrected chi connectivity index (χ1v) is 15.0. The molecule has 1 nitrogen and oxygen atoms in total. The maximum atomic E-state index is 2.69. The highest BCUT2D eigenvalue weighted by Crippen LogP contribution is 2.60. The van der Waals surface area contributed by atoms with Crippen LogP contribution in [0.5, 0.6) is 0 Å². The van der Waals surface area contributed by atoms with Crippen molar-refractivity contribution in [2.45, 2.75) is 90.9 Å². The van der Waals surface area contributed by atoms with Crippen LogP contribution >= 0.6 is 0 Å². The van der Waals surface area contributed by atoms with Gasteiger partial charge >= 0.3 is 0 Å². The monoisotopic (exact) mass is 523 g/mol. The van der Waals surface area contributed by atoms with Crippen LogP contribution in [0.2, 0.25) is 0 Å². The Labute approximate surface area is 241 Å². The fourth-order valence-electron chi connectivity index (χ4n) is 7.66. The number of hydrogen-bond acceptors (Lipinski definition) is 1. The summed E-state index contributed by atoms with van der Waals surface area (Å²) in [5.74, 6) is 0. The molecule has 40 heavy (non-hydrogen) atoms. The summed E-state index contributed by atoms with van der Waals surface area (Å²) in [5, 5.41) is 0. The van der Waals surface area contributed by atoms with E-state index in [1.807, 2.05) is 0 Å². The van der Waals surface area contributed by atoms with Gasteiger partial charge in [0.05, 0.1) is 5.69 Å². The lowest BCUT2D eigenvalue weighted by atomic mass is 9.33. The number of para-hydroxylation sites is 1. The standard InChI is InChI=1S/C38H42BN/c1-35(2,3)23-19-28-33-30(21-23)39(25-15-12-11-13-16-25)31-22-24(36(4,5)6)20-29-34(31)40(33)32-26(37(28,7)8)17-14-18-27(32)38(29,9)10/h11-22H,1-10H3. The van der Waals surface area contributed by atoms with Gasteiger partial charge in [-0.1, -0.05) is 147 Å². The first-order chi connectivity index (χ1) is 18.6. The number of anilines is 3. The summed E-state index contributed by atoms with van der Waals surface area (Å²) in [7, 11) is 0. The van der Waals surface area contributed by atoms with Gasteiger partial charge in [-0.05, 0) is 55.1 Å². The van der Waals surface area contributed by atoms with Crippen molar-refractivity contribution in [1.82, 2.24) is 0 Å². The van der Waals surface area contributed by atoms with Gasteiger partial charge in [-0.3, -0.25) is 0 Å². The Bertz CT molecular complexity index is 1610. The van der Waals surface area contributed by atoms with Crippen molar-refractivity contribution < 1.29 is 0 Å². The molecule has 3 aliphatic heterocycles. The van der Waals surface area contributed by atoms with Gasteiger partial charge in [0.2, 0.25) is 6.71 Å². The summed E-state index contributed by atoms with van der Waals surface area (Å²) in [6, 6.07) is 28.5. The van der Waals surface area contributed by atoms with Crippen LogP contribution in [-0.4, -0.2) is 6.71 Å². The van der Waals surface area contributed by atoms with Crippen molar-refractivity contribution >= 4 is 40.2 Å². The first kappa shape index (κ1) is 25.7. The fourth-order valence-corrected chi connectivity index (χ4v) is 7.66. The minimum Gasteiger partial charge on any atom is -0.310 e. The van der Waals surface area contributed by atoms with Gasteiger partial charge in [0, 0.05) is 22.2 Å². The fraction of sp³-hybridized carbons (Fsp3) is 0.368. The van der Waals surface area contributed by atoms with Crippen molar-refractivity contribution in [3.8, 4) is 0 Å². The largest absolute Gasteiger partial charge is 0.310 e. The third-order valence-corrected chi connectivity index (χ3v) is 10.2. The summed E-state index contributed by atoms with van der Waals surface area (Å²) < 4.78 is 0. The molecule has 0 aliphatic carbocycles. The van der Waals surface area contributed by atoms with Gasteiger partial charge in [0.15, 0.2) is 0 Å². The molecular weight excluding hydrogens is 481 g/mol. The van der Waals surface area contributed by atoms with E-state index in [9.17, 15) is 0 Å². The van der Waals surface area contributed by atoms with Crippen molar-refractivity contribution in [3.05, 3.63) is 106 Å². The predicted molar refractivity (Wildman–Crippen MR) is 174 cm³/mol. The molecule has 0 N–H and O–H groups in total. The maximum Gasteiger partial charge on any atom is 0.246 e. The molecule has 3 heterocycles. The summed E-state index contributed by atoms with van der Waals surface area (Å²) in [4.78, 5) is 2.69. The highest BCUT2D eigenvalue weighted by Gasteiger charge is 2.51. The molecular formula is C38H42BN. The van der Waals surface area contributed by atoms with E-state index in [1.54, 1.807) is 0 Å². The Morgan fingerprint density at radius 1 is 0.525 bits per heavy atom. The lowest BCUT2D eigenvalue weighted by Crippen LogP contribution is -2.60. The average molecular weight is 524 g/mol. The van der Waals surface area contributed by atoms with Gasteiger partial charge in [-0.25, -0.2) is 0 Å². The summed E-state index contributed by atoms with van der Waals surface area (Å²) in [6.07, 6.45) is 0. The molecule has 0 unspecified atom stereocenters. The first-order valence-electron chi connectivity index (χ1n) is 15.0. The van der Waals surface area contributed by atoms with Gasteiger partial charge in [0.25, 0.3) is 0 Å². The Balaban J connectivity index is 1.72. The van der Waals surface area contributed by atoms with Crippen LogP contribution in [0.1, 0.15) is 103 Å². The van der Waals surface area contributed by atoms with Crippen molar-refractivity contribution in [2.75, 3.05) is 4.90 Å². The van der Waals surface area contributed by atoms with E-state index >= 15 is 0 Å². The number of hydrogen-bond donors (Lipinski definition) is 0. The summed E-state index contributed by atoms with van der Waals surface area (Å²) in [5.41, 5.74) is 17.0. The molecule has 0 bridgehead atoms. The summed E-state index contributed by atoms with van der Waals surface area (Å²) >= 11 is 0. The zero-order chi connectivity index (χ0) is 28.6. The zero-order valence-electron chi connectivity index (χ0n) is 26.0. The van der Waals surface area contributed by atoms with Crippen LogP contribution in [0.25, 0.3) is 0 Å². The minimum atomic E-state index is -0.106. The molecule has 3 aliphatic rings. The number of benzene rings is 4. The van der Waals surface area contributed by atoms with Gasteiger partial charge in [0.1, 0.15) is 0 Å². The van der Waals surface area contributed by atoms with E-state index in [2.05, 4.69) is 147 Å². The van der Waals surface area contributed by atoms with Gasteiger partial charge in [-0.15, -0.1) is 0 Å². The Morgan fingerprint density at radius 2 is 0.975 bits per heavy atom. The van der Waals surface area contributed by atoms with Crippen LogP contribution in [-0.2, 0) is 21.7 Å². The molecule has 0 aromatic heterocycles. The van der Waals surface area contributed by atoms with Crippen molar-refractivity contribution in [3.63, 3.8) is 0 Å². The van der Waals surface area contributed by atoms with Crippen molar-refractivity contribution in [2.24, 2.45) is 0 Å². The Hall–Kier alpha value is -3.26. The van der Waals surface area contributed by atoms with Crippen molar-refractivity contribution in [1.29, 1.82) is 0 Å². The zero-order valence-corrected chi connectivity index (χ0v) is 26.0. The molecule has 0 fully saturated rings. The topological polar surface area (TPSA) is 3.24 Å². The van der Waals surface area contributed by atoms with Crippen LogP contribution in [0.3, 0.4) is 0 Å². The second kappa shape index (κ2) is 7.72. The third kappa shape index (κ3) is 3.23. The van der Waals surface area contributed by atoms with Gasteiger partial charge in [-0.2, -0.15) is 0 Å². The molecule has 4 aromatic carbocycles. The predicted octanol–water partition coefficient (Wildman–Crippen LogP) is 7.86. The molecule has 0 saturated carbocycles. The van der Waals surface area contributed by atoms with E-state index in [1.165, 1.54) is 66.8 Å². The van der Waals surface area contributed by atoms with E-state index in [0.717, 1.165) is 0 Å². The van der Waals surface area contributed by atoms with Crippen LogP contribution in [0.15, 0.2) is 72.8 Å². The molecule has 0 amide bonds. The summed E-state index contributed by atoms with van der Waals surface area (Å²) in [6.45, 7) is 24.1. The number of rotatable bonds is 1. The lowest BCUT2D eigenvalue weighted by Gasteiger charge is -2.54. The molecule has 0 radical (unpaired) electrons. The molecule has 4 aromatic rings. The van der Waals surface area contributed by atoms with E-state index in [0.29, 0.717) is 0 Å². The lowest BCUT2D eigenvalue weighted by molar-refractivity contribution is 0.571. The van der Waals surface area contributed by atoms with Gasteiger partial charge < -0.3 is 4.90 Å². The van der Waals surface area contributed by atoms with E-state index < -0.39 is 0 Å². The van der Waals surface area contributed by atoms with Crippen LogP contribution < -0.4 is 21.3 Å². The van der Waals surface area contributed by atoms with E-state index in [-0.39, 0.29) is 28.4 Å². The second-order valence-corrected chi connectivity index (χ2v) is 15.6.